The van der Waals surface area contributed by atoms with E-state index in [4.69, 9.17) is 5.73 Å². The summed E-state index contributed by atoms with van der Waals surface area (Å²) < 4.78 is 0. The van der Waals surface area contributed by atoms with Crippen molar-refractivity contribution in [2.45, 2.75) is 57.5 Å². The fourth-order valence-corrected chi connectivity index (χ4v) is 4.43. The average molecular weight is 251 g/mol. The summed E-state index contributed by atoms with van der Waals surface area (Å²) in [4.78, 5) is 5.44. The molecule has 3 heteroatoms. The van der Waals surface area contributed by atoms with Gasteiger partial charge in [-0.25, -0.2) is 0 Å². The highest BCUT2D eigenvalue weighted by Gasteiger charge is 2.47. The second-order valence-electron chi connectivity index (χ2n) is 7.55. The molecule has 3 aliphatic heterocycles. The summed E-state index contributed by atoms with van der Waals surface area (Å²) in [5, 5.41) is 0. The largest absolute Gasteiger partial charge is 0.329 e. The smallest absolute Gasteiger partial charge is 0.0358 e. The van der Waals surface area contributed by atoms with Crippen molar-refractivity contribution in [3.8, 4) is 0 Å². The zero-order valence-electron chi connectivity index (χ0n) is 12.1. The van der Waals surface area contributed by atoms with Crippen LogP contribution in [0.3, 0.4) is 0 Å². The second-order valence-corrected chi connectivity index (χ2v) is 7.55. The van der Waals surface area contributed by atoms with Gasteiger partial charge in [0, 0.05) is 31.2 Å². The Morgan fingerprint density at radius 2 is 2.00 bits per heavy atom. The van der Waals surface area contributed by atoms with E-state index in [1.165, 1.54) is 58.3 Å². The topological polar surface area (TPSA) is 32.5 Å². The van der Waals surface area contributed by atoms with Crippen LogP contribution >= 0.6 is 0 Å². The van der Waals surface area contributed by atoms with E-state index in [-0.39, 0.29) is 0 Å². The molecule has 0 saturated carbocycles. The van der Waals surface area contributed by atoms with Crippen LogP contribution in [0.2, 0.25) is 0 Å². The first-order valence-corrected chi connectivity index (χ1v) is 7.74. The summed E-state index contributed by atoms with van der Waals surface area (Å²) in [6.07, 6.45) is 6.74. The highest BCUT2D eigenvalue weighted by molar-refractivity contribution is 5.04. The van der Waals surface area contributed by atoms with Crippen LogP contribution in [0, 0.1) is 5.41 Å². The Morgan fingerprint density at radius 1 is 1.17 bits per heavy atom. The fourth-order valence-electron chi connectivity index (χ4n) is 4.43. The fraction of sp³-hybridized carbons (Fsp3) is 1.00. The summed E-state index contributed by atoms with van der Waals surface area (Å²) in [5.74, 6) is 0. The zero-order valence-corrected chi connectivity index (χ0v) is 12.1. The van der Waals surface area contributed by atoms with Gasteiger partial charge in [0.15, 0.2) is 0 Å². The first-order valence-electron chi connectivity index (χ1n) is 7.74. The van der Waals surface area contributed by atoms with Gasteiger partial charge in [-0.2, -0.15) is 0 Å². The Hall–Kier alpha value is -0.120. The van der Waals surface area contributed by atoms with E-state index in [2.05, 4.69) is 23.6 Å². The molecule has 3 saturated heterocycles. The minimum Gasteiger partial charge on any atom is -0.329 e. The van der Waals surface area contributed by atoms with Gasteiger partial charge in [0.2, 0.25) is 0 Å². The third-order valence-corrected chi connectivity index (χ3v) is 5.71. The predicted molar refractivity (Wildman–Crippen MR) is 75.6 cm³/mol. The number of rotatable bonds is 2. The van der Waals surface area contributed by atoms with Gasteiger partial charge in [0.25, 0.3) is 0 Å². The van der Waals surface area contributed by atoms with E-state index < -0.39 is 0 Å². The molecule has 0 aromatic heterocycles. The maximum atomic E-state index is 6.23. The first kappa shape index (κ1) is 12.9. The molecule has 3 aliphatic rings. The molecule has 2 atom stereocenters. The van der Waals surface area contributed by atoms with Crippen molar-refractivity contribution in [1.82, 2.24) is 9.80 Å². The number of hydrogen-bond acceptors (Lipinski definition) is 3. The molecule has 0 spiro atoms. The summed E-state index contributed by atoms with van der Waals surface area (Å²) >= 11 is 0. The van der Waals surface area contributed by atoms with Gasteiger partial charge >= 0.3 is 0 Å². The van der Waals surface area contributed by atoms with Gasteiger partial charge in [-0.1, -0.05) is 13.8 Å². The van der Waals surface area contributed by atoms with Crippen LogP contribution in [-0.2, 0) is 0 Å². The summed E-state index contributed by atoms with van der Waals surface area (Å²) in [5.41, 5.74) is 7.04. The number of piperidine rings is 1. The quantitative estimate of drug-likeness (QED) is 0.810. The lowest BCUT2D eigenvalue weighted by Crippen LogP contribution is -2.60. The van der Waals surface area contributed by atoms with Crippen LogP contribution < -0.4 is 5.73 Å². The van der Waals surface area contributed by atoms with Gasteiger partial charge in [0.05, 0.1) is 0 Å². The van der Waals surface area contributed by atoms with E-state index in [1.807, 2.05) is 0 Å². The molecule has 0 aliphatic carbocycles. The summed E-state index contributed by atoms with van der Waals surface area (Å²) in [6, 6.07) is 0.825. The lowest BCUT2D eigenvalue weighted by atomic mass is 9.81. The maximum Gasteiger partial charge on any atom is 0.0358 e. The van der Waals surface area contributed by atoms with Crippen LogP contribution in [0.25, 0.3) is 0 Å². The maximum absolute atomic E-state index is 6.23. The first-order chi connectivity index (χ1) is 8.55. The molecule has 0 aromatic rings. The van der Waals surface area contributed by atoms with Gasteiger partial charge in [-0.05, 0) is 50.6 Å². The molecule has 3 nitrogen and oxygen atoms in total. The molecule has 3 heterocycles. The van der Waals surface area contributed by atoms with Crippen LogP contribution in [0.15, 0.2) is 0 Å². The minimum atomic E-state index is 0.319. The zero-order chi connectivity index (χ0) is 12.8. The van der Waals surface area contributed by atoms with Crippen molar-refractivity contribution in [3.05, 3.63) is 0 Å². The van der Waals surface area contributed by atoms with Crippen molar-refractivity contribution >= 4 is 0 Å². The van der Waals surface area contributed by atoms with E-state index in [9.17, 15) is 0 Å². The van der Waals surface area contributed by atoms with Gasteiger partial charge in [0.1, 0.15) is 0 Å². The molecule has 0 amide bonds. The third-order valence-electron chi connectivity index (χ3n) is 5.71. The Kier molecular flexibility index (Phi) is 3.20. The van der Waals surface area contributed by atoms with E-state index >= 15 is 0 Å². The number of nitrogens with zero attached hydrogens (tertiary/aromatic N) is 2. The van der Waals surface area contributed by atoms with Crippen molar-refractivity contribution in [1.29, 1.82) is 0 Å². The molecular formula is C15H29N3. The minimum absolute atomic E-state index is 0.319. The highest BCUT2D eigenvalue weighted by atomic mass is 15.3. The SMILES string of the molecule is CC1(C)CCN(C2(CN)CCN3CCCC3C2)C1. The van der Waals surface area contributed by atoms with E-state index in [0.717, 1.165) is 12.6 Å². The second kappa shape index (κ2) is 4.46. The van der Waals surface area contributed by atoms with E-state index in [1.54, 1.807) is 0 Å². The van der Waals surface area contributed by atoms with Crippen molar-refractivity contribution < 1.29 is 0 Å². The molecule has 3 fully saturated rings. The Bertz CT molecular complexity index is 315. The number of fused-ring (bicyclic) bond motifs is 1. The molecule has 0 radical (unpaired) electrons. The van der Waals surface area contributed by atoms with E-state index in [0.29, 0.717) is 11.0 Å². The van der Waals surface area contributed by atoms with Crippen LogP contribution in [-0.4, -0.2) is 54.1 Å². The Morgan fingerprint density at radius 3 is 2.67 bits per heavy atom. The molecule has 2 unspecified atom stereocenters. The molecule has 18 heavy (non-hydrogen) atoms. The number of likely N-dealkylation sites (tertiary alicyclic amines) is 1. The van der Waals surface area contributed by atoms with Crippen molar-refractivity contribution in [2.75, 3.05) is 32.7 Å². The lowest BCUT2D eigenvalue weighted by Gasteiger charge is -2.49. The predicted octanol–water partition coefficient (Wildman–Crippen LogP) is 1.67. The van der Waals surface area contributed by atoms with Crippen LogP contribution in [0.4, 0.5) is 0 Å². The standard InChI is InChI=1S/C15H29N3/c1-14(2)5-9-18(12-14)15(11-16)6-8-17-7-3-4-13(17)10-15/h13H,3-12,16H2,1-2H3. The highest BCUT2D eigenvalue weighted by Crippen LogP contribution is 2.41. The molecular weight excluding hydrogens is 222 g/mol. The Balaban J connectivity index is 1.74. The lowest BCUT2D eigenvalue weighted by molar-refractivity contribution is 0.0198. The number of hydrogen-bond donors (Lipinski definition) is 1. The van der Waals surface area contributed by atoms with Crippen molar-refractivity contribution in [2.24, 2.45) is 11.1 Å². The van der Waals surface area contributed by atoms with Crippen LogP contribution in [0.5, 0.6) is 0 Å². The summed E-state index contributed by atoms with van der Waals surface area (Å²) in [6.45, 7) is 10.8. The van der Waals surface area contributed by atoms with Crippen LogP contribution in [0.1, 0.15) is 46.0 Å². The van der Waals surface area contributed by atoms with Gasteiger partial charge < -0.3 is 10.6 Å². The van der Waals surface area contributed by atoms with Crippen molar-refractivity contribution in [3.63, 3.8) is 0 Å². The molecule has 3 rings (SSSR count). The van der Waals surface area contributed by atoms with Gasteiger partial charge in [-0.3, -0.25) is 4.90 Å². The van der Waals surface area contributed by atoms with Gasteiger partial charge in [-0.15, -0.1) is 0 Å². The normalized spacial score (nSPS) is 41.2. The average Bonchev–Trinajstić information content (AvgIpc) is 2.94. The molecule has 104 valence electrons. The molecule has 2 N–H and O–H groups in total. The number of nitrogens with two attached hydrogens (primary N) is 1. The molecule has 0 bridgehead atoms. The molecule has 0 aromatic carbocycles. The summed E-state index contributed by atoms with van der Waals surface area (Å²) in [7, 11) is 0. The third kappa shape index (κ3) is 2.10. The Labute approximate surface area is 112 Å². The monoisotopic (exact) mass is 251 g/mol.